The summed E-state index contributed by atoms with van der Waals surface area (Å²) in [6.45, 7) is 6.60. The Morgan fingerprint density at radius 3 is 2.50 bits per heavy atom. The summed E-state index contributed by atoms with van der Waals surface area (Å²) >= 11 is 3.12. The molecule has 0 aliphatic heterocycles. The topological polar surface area (TPSA) is 35.2 Å². The quantitative estimate of drug-likeness (QED) is 0.926. The van der Waals surface area contributed by atoms with Gasteiger partial charge in [-0.1, -0.05) is 20.8 Å². The van der Waals surface area contributed by atoms with Crippen LogP contribution >= 0.6 is 15.9 Å². The van der Waals surface area contributed by atoms with E-state index in [0.717, 1.165) is 0 Å². The molecule has 90 valence electrons. The van der Waals surface area contributed by atoms with Gasteiger partial charge in [0.25, 0.3) is 0 Å². The highest BCUT2D eigenvalue weighted by atomic mass is 79.9. The van der Waals surface area contributed by atoms with Gasteiger partial charge in [-0.3, -0.25) is 0 Å². The smallest absolute Gasteiger partial charge is 0.137 e. The van der Waals surface area contributed by atoms with Crippen molar-refractivity contribution in [3.63, 3.8) is 0 Å². The van der Waals surface area contributed by atoms with E-state index in [4.69, 9.17) is 10.5 Å². The summed E-state index contributed by atoms with van der Waals surface area (Å²) in [5.74, 6) is 0.325. The number of ether oxygens (including phenoxy) is 1. The lowest BCUT2D eigenvalue weighted by molar-refractivity contribution is 0.0940. The van der Waals surface area contributed by atoms with E-state index in [1.165, 1.54) is 6.07 Å². The second-order valence-corrected chi connectivity index (χ2v) is 5.64. The van der Waals surface area contributed by atoms with Crippen LogP contribution < -0.4 is 10.5 Å². The third kappa shape index (κ3) is 3.46. The Labute approximate surface area is 104 Å². The van der Waals surface area contributed by atoms with Crippen LogP contribution in [-0.2, 0) is 0 Å². The van der Waals surface area contributed by atoms with Gasteiger partial charge in [-0.15, -0.1) is 0 Å². The Morgan fingerprint density at radius 2 is 2.06 bits per heavy atom. The van der Waals surface area contributed by atoms with Crippen LogP contribution in [0.2, 0.25) is 0 Å². The molecule has 0 aliphatic rings. The van der Waals surface area contributed by atoms with Crippen molar-refractivity contribution in [2.24, 2.45) is 11.1 Å². The van der Waals surface area contributed by atoms with Crippen molar-refractivity contribution in [2.75, 3.05) is 6.54 Å². The summed E-state index contributed by atoms with van der Waals surface area (Å²) < 4.78 is 19.2. The highest BCUT2D eigenvalue weighted by Crippen LogP contribution is 2.27. The van der Waals surface area contributed by atoms with Gasteiger partial charge in [-0.05, 0) is 34.1 Å². The van der Waals surface area contributed by atoms with E-state index < -0.39 is 0 Å². The number of hydrogen-bond acceptors (Lipinski definition) is 2. The van der Waals surface area contributed by atoms with Crippen LogP contribution in [0.3, 0.4) is 0 Å². The Hall–Kier alpha value is -0.610. The van der Waals surface area contributed by atoms with Crippen LogP contribution in [0.4, 0.5) is 4.39 Å². The van der Waals surface area contributed by atoms with Gasteiger partial charge in [0.05, 0.1) is 4.47 Å². The van der Waals surface area contributed by atoms with E-state index in [9.17, 15) is 4.39 Å². The molecule has 4 heteroatoms. The van der Waals surface area contributed by atoms with Crippen molar-refractivity contribution < 1.29 is 9.13 Å². The lowest BCUT2D eigenvalue weighted by Crippen LogP contribution is -2.38. The molecule has 1 aromatic carbocycles. The third-order valence-corrected chi connectivity index (χ3v) is 2.96. The molecule has 0 bridgehead atoms. The molecule has 0 fully saturated rings. The van der Waals surface area contributed by atoms with Crippen LogP contribution in [-0.4, -0.2) is 12.6 Å². The Bertz CT molecular complexity index is 363. The van der Waals surface area contributed by atoms with Gasteiger partial charge in [0.15, 0.2) is 0 Å². The Kier molecular flexibility index (Phi) is 4.33. The van der Waals surface area contributed by atoms with Crippen molar-refractivity contribution in [1.82, 2.24) is 0 Å². The van der Waals surface area contributed by atoms with Crippen molar-refractivity contribution in [3.8, 4) is 5.75 Å². The molecule has 2 nitrogen and oxygen atoms in total. The maximum absolute atomic E-state index is 13.0. The molecule has 0 heterocycles. The molecular weight excluding hydrogens is 273 g/mol. The molecule has 0 aliphatic carbocycles. The molecule has 1 atom stereocenters. The second kappa shape index (κ2) is 5.15. The fourth-order valence-electron chi connectivity index (χ4n) is 1.29. The SMILES string of the molecule is CC(C)(C)C(CN)Oc1ccc(F)c(Br)c1. The molecule has 16 heavy (non-hydrogen) atoms. The molecule has 0 radical (unpaired) electrons. The number of hydrogen-bond donors (Lipinski definition) is 1. The molecular formula is C12H17BrFNO. The summed E-state index contributed by atoms with van der Waals surface area (Å²) in [7, 11) is 0. The third-order valence-electron chi connectivity index (χ3n) is 2.35. The minimum absolute atomic E-state index is 0.0460. The van der Waals surface area contributed by atoms with Crippen molar-refractivity contribution in [3.05, 3.63) is 28.5 Å². The molecule has 1 unspecified atom stereocenters. The molecule has 0 saturated carbocycles. The minimum Gasteiger partial charge on any atom is -0.489 e. The molecule has 1 rings (SSSR count). The zero-order chi connectivity index (χ0) is 12.3. The molecule has 1 aromatic rings. The van der Waals surface area contributed by atoms with E-state index in [1.807, 2.05) is 0 Å². The zero-order valence-corrected chi connectivity index (χ0v) is 11.3. The summed E-state index contributed by atoms with van der Waals surface area (Å²) in [6, 6.07) is 4.59. The molecule has 0 aromatic heterocycles. The van der Waals surface area contributed by atoms with Gasteiger partial charge in [0.2, 0.25) is 0 Å². The van der Waals surface area contributed by atoms with Crippen LogP contribution in [0.1, 0.15) is 20.8 Å². The van der Waals surface area contributed by atoms with Crippen molar-refractivity contribution in [2.45, 2.75) is 26.9 Å². The van der Waals surface area contributed by atoms with E-state index in [2.05, 4.69) is 36.7 Å². The van der Waals surface area contributed by atoms with E-state index in [-0.39, 0.29) is 17.3 Å². The van der Waals surface area contributed by atoms with Crippen LogP contribution in [0, 0.1) is 11.2 Å². The van der Waals surface area contributed by atoms with Crippen molar-refractivity contribution in [1.29, 1.82) is 0 Å². The summed E-state index contributed by atoms with van der Waals surface area (Å²) in [4.78, 5) is 0. The van der Waals surface area contributed by atoms with Gasteiger partial charge in [-0.2, -0.15) is 0 Å². The number of halogens is 2. The van der Waals surface area contributed by atoms with Crippen LogP contribution in [0.25, 0.3) is 0 Å². The lowest BCUT2D eigenvalue weighted by Gasteiger charge is -2.30. The number of benzene rings is 1. The first kappa shape index (κ1) is 13.5. The molecule has 0 saturated heterocycles. The van der Waals surface area contributed by atoms with E-state index in [0.29, 0.717) is 16.8 Å². The molecule has 2 N–H and O–H groups in total. The van der Waals surface area contributed by atoms with E-state index >= 15 is 0 Å². The zero-order valence-electron chi connectivity index (χ0n) is 9.76. The number of rotatable bonds is 3. The normalized spacial score (nSPS) is 13.6. The molecule has 0 spiro atoms. The summed E-state index contributed by atoms with van der Waals surface area (Å²) in [5, 5.41) is 0. The fourth-order valence-corrected chi connectivity index (χ4v) is 1.65. The first-order valence-corrected chi connectivity index (χ1v) is 5.95. The van der Waals surface area contributed by atoms with E-state index in [1.54, 1.807) is 12.1 Å². The minimum atomic E-state index is -0.299. The maximum atomic E-state index is 13.0. The van der Waals surface area contributed by atoms with Gasteiger partial charge >= 0.3 is 0 Å². The van der Waals surface area contributed by atoms with Gasteiger partial charge in [0, 0.05) is 12.0 Å². The summed E-state index contributed by atoms with van der Waals surface area (Å²) in [6.07, 6.45) is -0.0927. The summed E-state index contributed by atoms with van der Waals surface area (Å²) in [5.41, 5.74) is 5.62. The highest BCUT2D eigenvalue weighted by molar-refractivity contribution is 9.10. The van der Waals surface area contributed by atoms with Crippen LogP contribution in [0.15, 0.2) is 22.7 Å². The largest absolute Gasteiger partial charge is 0.489 e. The molecule has 0 amide bonds. The number of nitrogens with two attached hydrogens (primary N) is 1. The highest BCUT2D eigenvalue weighted by Gasteiger charge is 2.25. The maximum Gasteiger partial charge on any atom is 0.137 e. The average Bonchev–Trinajstić information content (AvgIpc) is 2.18. The van der Waals surface area contributed by atoms with Gasteiger partial charge in [0.1, 0.15) is 17.7 Å². The second-order valence-electron chi connectivity index (χ2n) is 4.78. The lowest BCUT2D eigenvalue weighted by atomic mass is 9.89. The monoisotopic (exact) mass is 289 g/mol. The predicted molar refractivity (Wildman–Crippen MR) is 67.0 cm³/mol. The van der Waals surface area contributed by atoms with Crippen molar-refractivity contribution >= 4 is 15.9 Å². The Balaban J connectivity index is 2.83. The van der Waals surface area contributed by atoms with Gasteiger partial charge in [-0.25, -0.2) is 4.39 Å². The first-order valence-electron chi connectivity index (χ1n) is 5.16. The fraction of sp³-hybridized carbons (Fsp3) is 0.500. The average molecular weight is 290 g/mol. The van der Waals surface area contributed by atoms with Crippen LogP contribution in [0.5, 0.6) is 5.75 Å². The first-order chi connectivity index (χ1) is 7.34. The Morgan fingerprint density at radius 1 is 1.44 bits per heavy atom. The predicted octanol–water partition coefficient (Wildman–Crippen LogP) is 3.34. The standard InChI is InChI=1S/C12H17BrFNO/c1-12(2,3)11(7-15)16-8-4-5-10(14)9(13)6-8/h4-6,11H,7,15H2,1-3H3. The van der Waals surface area contributed by atoms with Gasteiger partial charge < -0.3 is 10.5 Å².